The van der Waals surface area contributed by atoms with Gasteiger partial charge in [-0.3, -0.25) is 0 Å². The minimum absolute atomic E-state index is 0.0652. The Labute approximate surface area is 228 Å². The minimum Gasteiger partial charge on any atom is -0.494 e. The van der Waals surface area contributed by atoms with E-state index in [1.165, 1.54) is 82.2 Å². The highest BCUT2D eigenvalue weighted by Gasteiger charge is 2.35. The summed E-state index contributed by atoms with van der Waals surface area (Å²) in [7, 11) is 1.20. The number of ether oxygens (including phenoxy) is 2. The number of fused-ring (bicyclic) bond motifs is 1. The summed E-state index contributed by atoms with van der Waals surface area (Å²) in [4.78, 5) is 0. The Kier molecular flexibility index (Phi) is 8.49. The lowest BCUT2D eigenvalue weighted by atomic mass is 9.63. The van der Waals surface area contributed by atoms with Crippen molar-refractivity contribution in [2.75, 3.05) is 7.11 Å². The molecule has 3 aromatic rings. The average molecular weight is 541 g/mol. The van der Waals surface area contributed by atoms with Crippen LogP contribution < -0.4 is 9.47 Å². The maximum Gasteiger partial charge on any atom is 0.201 e. The lowest BCUT2D eigenvalue weighted by Gasteiger charge is -2.42. The first-order valence-electron chi connectivity index (χ1n) is 14.1. The lowest BCUT2D eigenvalue weighted by molar-refractivity contribution is 0.114. The average Bonchev–Trinajstić information content (AvgIpc) is 2.96. The molecule has 2 aliphatic carbocycles. The van der Waals surface area contributed by atoms with Gasteiger partial charge in [-0.05, 0) is 91.2 Å². The molecule has 0 bridgehead atoms. The summed E-state index contributed by atoms with van der Waals surface area (Å²) in [5.74, 6) is -2.48. The lowest BCUT2D eigenvalue weighted by Crippen LogP contribution is -2.30. The molecule has 0 radical (unpaired) electrons. The van der Waals surface area contributed by atoms with E-state index in [1.807, 2.05) is 12.1 Å². The Morgan fingerprint density at radius 3 is 1.97 bits per heavy atom. The van der Waals surface area contributed by atoms with Crippen LogP contribution in [0.25, 0.3) is 11.1 Å². The maximum absolute atomic E-state index is 14.8. The molecule has 0 amide bonds. The van der Waals surface area contributed by atoms with Gasteiger partial charge in [-0.2, -0.15) is 8.78 Å². The van der Waals surface area contributed by atoms with E-state index < -0.39 is 34.4 Å². The van der Waals surface area contributed by atoms with Gasteiger partial charge < -0.3 is 9.47 Å². The van der Waals surface area contributed by atoms with Gasteiger partial charge in [0.05, 0.1) is 7.11 Å². The highest BCUT2D eigenvalue weighted by molar-refractivity contribution is 5.67. The first-order valence-corrected chi connectivity index (χ1v) is 14.1. The molecule has 2 fully saturated rings. The molecule has 5 rings (SSSR count). The summed E-state index contributed by atoms with van der Waals surface area (Å²) >= 11 is 0. The van der Waals surface area contributed by atoms with Gasteiger partial charge in [-0.15, -0.1) is 0 Å². The fourth-order valence-electron chi connectivity index (χ4n) is 6.76. The van der Waals surface area contributed by atoms with Crippen molar-refractivity contribution in [3.63, 3.8) is 0 Å². The number of benzene rings is 3. The summed E-state index contributed by atoms with van der Waals surface area (Å²) in [5.41, 5.74) is 1.40. The molecule has 6 heteroatoms. The first kappa shape index (κ1) is 27.5. The molecule has 0 spiro atoms. The Morgan fingerprint density at radius 1 is 0.692 bits per heavy atom. The van der Waals surface area contributed by atoms with Crippen molar-refractivity contribution in [2.45, 2.75) is 70.8 Å². The molecule has 2 nitrogen and oxygen atoms in total. The predicted molar refractivity (Wildman–Crippen MR) is 145 cm³/mol. The molecule has 208 valence electrons. The zero-order chi connectivity index (χ0) is 27.5. The third kappa shape index (κ3) is 5.80. The summed E-state index contributed by atoms with van der Waals surface area (Å²) in [6.45, 7) is 2.35. The molecule has 0 aromatic heterocycles. The standard InChI is InChI=1S/C33H36F4O2/c1-3-4-20-5-10-25-18-24(12-11-23(25)17-20)22-8-6-21(7-9-22)19-39-29-16-14-27(31(35)33(29)37)26-13-15-28(38-2)32(36)30(26)34/h6-9,13-16,20,23-25H,3-5,10-12,17-19H2,1-2H3. The van der Waals surface area contributed by atoms with Crippen LogP contribution >= 0.6 is 0 Å². The van der Waals surface area contributed by atoms with Crippen molar-refractivity contribution in [1.29, 1.82) is 0 Å². The summed E-state index contributed by atoms with van der Waals surface area (Å²) in [6, 6.07) is 13.0. The van der Waals surface area contributed by atoms with Gasteiger partial charge in [0.15, 0.2) is 23.1 Å². The van der Waals surface area contributed by atoms with Crippen LogP contribution in [0.3, 0.4) is 0 Å². The number of halogens is 4. The molecule has 0 heterocycles. The largest absolute Gasteiger partial charge is 0.494 e. The Bertz CT molecular complexity index is 1290. The van der Waals surface area contributed by atoms with E-state index in [2.05, 4.69) is 19.1 Å². The molecular weight excluding hydrogens is 504 g/mol. The molecule has 0 saturated heterocycles. The van der Waals surface area contributed by atoms with Crippen molar-refractivity contribution < 1.29 is 27.0 Å². The van der Waals surface area contributed by atoms with Crippen molar-refractivity contribution in [2.24, 2.45) is 17.8 Å². The number of methoxy groups -OCH3 is 1. The van der Waals surface area contributed by atoms with Crippen LogP contribution in [-0.2, 0) is 6.61 Å². The van der Waals surface area contributed by atoms with Gasteiger partial charge in [0.1, 0.15) is 6.61 Å². The zero-order valence-electron chi connectivity index (χ0n) is 22.6. The number of hydrogen-bond donors (Lipinski definition) is 0. The molecule has 4 atom stereocenters. The second kappa shape index (κ2) is 12.0. The predicted octanol–water partition coefficient (Wildman–Crippen LogP) is 9.60. The third-order valence-electron chi connectivity index (χ3n) is 8.87. The second-order valence-corrected chi connectivity index (χ2v) is 11.2. The smallest absolute Gasteiger partial charge is 0.201 e. The van der Waals surface area contributed by atoms with Gasteiger partial charge in [0.25, 0.3) is 0 Å². The molecule has 4 unspecified atom stereocenters. The topological polar surface area (TPSA) is 18.5 Å². The first-order chi connectivity index (χ1) is 18.9. The second-order valence-electron chi connectivity index (χ2n) is 11.2. The van der Waals surface area contributed by atoms with Crippen molar-refractivity contribution in [3.05, 3.63) is 82.9 Å². The SMILES string of the molecule is CCCC1CCC2CC(c3ccc(COc4ccc(-c5ccc(OC)c(F)c5F)c(F)c4F)cc3)CCC2C1. The molecule has 0 N–H and O–H groups in total. The van der Waals surface area contributed by atoms with E-state index in [4.69, 9.17) is 9.47 Å². The van der Waals surface area contributed by atoms with Crippen LogP contribution in [0.15, 0.2) is 48.5 Å². The molecular formula is C33H36F4O2. The Hall–Kier alpha value is -3.02. The highest BCUT2D eigenvalue weighted by Crippen LogP contribution is 2.48. The van der Waals surface area contributed by atoms with Gasteiger partial charge >= 0.3 is 0 Å². The summed E-state index contributed by atoms with van der Waals surface area (Å²) < 4.78 is 68.5. The van der Waals surface area contributed by atoms with E-state index in [0.717, 1.165) is 29.4 Å². The molecule has 3 aromatic carbocycles. The van der Waals surface area contributed by atoms with Crippen molar-refractivity contribution in [1.82, 2.24) is 0 Å². The Morgan fingerprint density at radius 2 is 1.31 bits per heavy atom. The van der Waals surface area contributed by atoms with Crippen LogP contribution in [0.2, 0.25) is 0 Å². The third-order valence-corrected chi connectivity index (χ3v) is 8.87. The number of hydrogen-bond acceptors (Lipinski definition) is 2. The van der Waals surface area contributed by atoms with Gasteiger partial charge in [-0.25, -0.2) is 8.78 Å². The fraction of sp³-hybridized carbons (Fsp3) is 0.455. The van der Waals surface area contributed by atoms with Crippen LogP contribution in [-0.4, -0.2) is 7.11 Å². The minimum atomic E-state index is -1.31. The molecule has 2 aliphatic rings. The van der Waals surface area contributed by atoms with Gasteiger partial charge in [0.2, 0.25) is 11.6 Å². The Balaban J connectivity index is 1.21. The monoisotopic (exact) mass is 540 g/mol. The van der Waals surface area contributed by atoms with E-state index in [0.29, 0.717) is 5.92 Å². The van der Waals surface area contributed by atoms with Crippen LogP contribution in [0.4, 0.5) is 17.6 Å². The van der Waals surface area contributed by atoms with Crippen molar-refractivity contribution >= 4 is 0 Å². The fourth-order valence-corrected chi connectivity index (χ4v) is 6.76. The van der Waals surface area contributed by atoms with Gasteiger partial charge in [-0.1, -0.05) is 50.5 Å². The zero-order valence-corrected chi connectivity index (χ0v) is 22.6. The number of rotatable bonds is 8. The maximum atomic E-state index is 14.8. The summed E-state index contributed by atoms with van der Waals surface area (Å²) in [6.07, 6.45) is 10.6. The quantitative estimate of drug-likeness (QED) is 0.265. The van der Waals surface area contributed by atoms with E-state index in [9.17, 15) is 17.6 Å². The molecule has 0 aliphatic heterocycles. The van der Waals surface area contributed by atoms with Crippen molar-refractivity contribution in [3.8, 4) is 22.6 Å². The van der Waals surface area contributed by atoms with Crippen LogP contribution in [0.1, 0.15) is 75.3 Å². The highest BCUT2D eigenvalue weighted by atomic mass is 19.2. The molecule has 39 heavy (non-hydrogen) atoms. The van der Waals surface area contributed by atoms with Crippen LogP contribution in [0.5, 0.6) is 11.5 Å². The van der Waals surface area contributed by atoms with Crippen LogP contribution in [0, 0.1) is 41.0 Å². The summed E-state index contributed by atoms with van der Waals surface area (Å²) in [5, 5.41) is 0. The van der Waals surface area contributed by atoms with E-state index >= 15 is 0 Å². The van der Waals surface area contributed by atoms with E-state index in [1.54, 1.807) is 0 Å². The van der Waals surface area contributed by atoms with Gasteiger partial charge in [0, 0.05) is 11.1 Å². The normalized spacial score (nSPS) is 22.8. The van der Waals surface area contributed by atoms with E-state index in [-0.39, 0.29) is 18.1 Å². The molecule has 2 saturated carbocycles.